The van der Waals surface area contributed by atoms with Gasteiger partial charge in [0.1, 0.15) is 5.03 Å². The number of carbonyl (C=O) groups excluding carboxylic acids is 1. The zero-order chi connectivity index (χ0) is 13.4. The first kappa shape index (κ1) is 14.4. The van der Waals surface area contributed by atoms with Crippen molar-refractivity contribution in [3.8, 4) is 0 Å². The molecule has 17 heavy (non-hydrogen) atoms. The zero-order valence-electron chi connectivity index (χ0n) is 9.77. The molecule has 6 heteroatoms. The molecule has 98 valence electrons. The maximum Gasteiger partial charge on any atom is 0.426 e. The highest BCUT2D eigenvalue weighted by atomic mass is 35.5. The average Bonchev–Trinajstić information content (AvgIpc) is 2.20. The largest absolute Gasteiger partial charge is 0.469 e. The van der Waals surface area contributed by atoms with E-state index in [9.17, 15) is 18.0 Å². The Labute approximate surface area is 103 Å². The van der Waals surface area contributed by atoms with Crippen molar-refractivity contribution in [2.45, 2.75) is 26.4 Å². The summed E-state index contributed by atoms with van der Waals surface area (Å²) in [5.41, 5.74) is -0.557. The lowest BCUT2D eigenvalue weighted by molar-refractivity contribution is -0.160. The molecule has 0 aliphatic heterocycles. The third-order valence-corrected chi connectivity index (χ3v) is 3.79. The summed E-state index contributed by atoms with van der Waals surface area (Å²) in [7, 11) is 1.27. The maximum atomic E-state index is 12.3. The molecule has 2 atom stereocenters. The van der Waals surface area contributed by atoms with E-state index in [1.54, 1.807) is 13.8 Å². The van der Waals surface area contributed by atoms with Gasteiger partial charge in [-0.15, -0.1) is 0 Å². The highest BCUT2D eigenvalue weighted by Gasteiger charge is 2.52. The summed E-state index contributed by atoms with van der Waals surface area (Å²) >= 11 is 5.17. The minimum atomic E-state index is -4.52. The summed E-state index contributed by atoms with van der Waals surface area (Å²) in [6.07, 6.45) is -3.19. The van der Waals surface area contributed by atoms with Crippen molar-refractivity contribution >= 4 is 17.6 Å². The quantitative estimate of drug-likeness (QED) is 0.718. The van der Waals surface area contributed by atoms with Crippen molar-refractivity contribution in [3.63, 3.8) is 0 Å². The Balaban J connectivity index is 2.77. The summed E-state index contributed by atoms with van der Waals surface area (Å²) in [6.45, 7) is 3.47. The van der Waals surface area contributed by atoms with E-state index in [2.05, 4.69) is 4.74 Å². The second kappa shape index (κ2) is 4.52. The van der Waals surface area contributed by atoms with Crippen LogP contribution in [0.1, 0.15) is 20.3 Å². The van der Waals surface area contributed by atoms with Gasteiger partial charge in [-0.05, 0) is 17.8 Å². The topological polar surface area (TPSA) is 26.3 Å². The molecule has 0 heterocycles. The van der Waals surface area contributed by atoms with Crippen LogP contribution >= 0.6 is 11.6 Å². The molecule has 0 spiro atoms. The molecule has 0 N–H and O–H groups in total. The van der Waals surface area contributed by atoms with Gasteiger partial charge in [-0.3, -0.25) is 4.79 Å². The lowest BCUT2D eigenvalue weighted by Gasteiger charge is -2.49. The Hall–Kier alpha value is -0.710. The van der Waals surface area contributed by atoms with Gasteiger partial charge in [-0.2, -0.15) is 13.2 Å². The lowest BCUT2D eigenvalue weighted by atomic mass is 9.54. The summed E-state index contributed by atoms with van der Waals surface area (Å²) in [5.74, 6) is -1.12. The fourth-order valence-corrected chi connectivity index (χ4v) is 2.21. The molecule has 1 fully saturated rings. The molecule has 1 aliphatic rings. The minimum absolute atomic E-state index is 0.339. The Kier molecular flexibility index (Phi) is 3.81. The fourth-order valence-electron chi connectivity index (χ4n) is 2.06. The maximum absolute atomic E-state index is 12.3. The van der Waals surface area contributed by atoms with Crippen molar-refractivity contribution in [2.75, 3.05) is 7.11 Å². The monoisotopic (exact) mass is 270 g/mol. The second-order valence-electron chi connectivity index (χ2n) is 4.75. The van der Waals surface area contributed by atoms with Gasteiger partial charge in [0.25, 0.3) is 0 Å². The number of ether oxygens (including phenoxy) is 1. The van der Waals surface area contributed by atoms with E-state index in [1.165, 1.54) is 7.11 Å². The van der Waals surface area contributed by atoms with Crippen LogP contribution in [0.4, 0.5) is 13.2 Å². The smallest absolute Gasteiger partial charge is 0.426 e. The molecule has 0 bridgehead atoms. The van der Waals surface area contributed by atoms with E-state index in [4.69, 9.17) is 11.6 Å². The van der Waals surface area contributed by atoms with Crippen molar-refractivity contribution in [3.05, 3.63) is 11.1 Å². The number of methoxy groups -OCH3 is 1. The highest BCUT2D eigenvalue weighted by molar-refractivity contribution is 6.30. The standard InChI is InChI=1S/C11H14ClF3O2/c1-10(2)6(4-7(10)9(16)17-3)5-8(12)11(13,14)15/h5-7H,4H2,1-3H3. The second-order valence-corrected chi connectivity index (χ2v) is 5.16. The normalized spacial score (nSPS) is 28.5. The van der Waals surface area contributed by atoms with Gasteiger partial charge in [0.2, 0.25) is 0 Å². The predicted molar refractivity (Wildman–Crippen MR) is 57.4 cm³/mol. The molecule has 0 amide bonds. The predicted octanol–water partition coefficient (Wildman–Crippen LogP) is 3.51. The van der Waals surface area contributed by atoms with Gasteiger partial charge >= 0.3 is 12.1 Å². The van der Waals surface area contributed by atoms with Crippen molar-refractivity contribution in [1.82, 2.24) is 0 Å². The van der Waals surface area contributed by atoms with E-state index in [-0.39, 0.29) is 17.8 Å². The number of hydrogen-bond acceptors (Lipinski definition) is 2. The molecular formula is C11H14ClF3O2. The Morgan fingerprint density at radius 1 is 1.47 bits per heavy atom. The van der Waals surface area contributed by atoms with E-state index in [0.29, 0.717) is 6.42 Å². The van der Waals surface area contributed by atoms with Gasteiger partial charge in [0.15, 0.2) is 0 Å². The number of rotatable bonds is 2. The first-order valence-electron chi connectivity index (χ1n) is 5.13. The van der Waals surface area contributed by atoms with Crippen LogP contribution in [0.3, 0.4) is 0 Å². The number of esters is 1. The molecule has 1 rings (SSSR count). The first-order chi connectivity index (χ1) is 7.60. The van der Waals surface area contributed by atoms with Gasteiger partial charge < -0.3 is 4.74 Å². The SMILES string of the molecule is COC(=O)C1CC(C=C(Cl)C(F)(F)F)C1(C)C. The van der Waals surface area contributed by atoms with E-state index in [0.717, 1.165) is 6.08 Å². The Bertz CT molecular complexity index is 347. The lowest BCUT2D eigenvalue weighted by Crippen LogP contribution is -2.48. The fraction of sp³-hybridized carbons (Fsp3) is 0.727. The first-order valence-corrected chi connectivity index (χ1v) is 5.50. The van der Waals surface area contributed by atoms with Crippen LogP contribution in [-0.2, 0) is 9.53 Å². The third kappa shape index (κ3) is 2.76. The number of hydrogen-bond donors (Lipinski definition) is 0. The molecule has 0 aromatic rings. The highest BCUT2D eigenvalue weighted by Crippen LogP contribution is 2.53. The number of alkyl halides is 3. The van der Waals surface area contributed by atoms with Gasteiger partial charge in [-0.25, -0.2) is 0 Å². The molecule has 0 aromatic carbocycles. The van der Waals surface area contributed by atoms with Crippen LogP contribution in [0.2, 0.25) is 0 Å². The molecular weight excluding hydrogens is 257 g/mol. The average molecular weight is 271 g/mol. The molecule has 0 aromatic heterocycles. The van der Waals surface area contributed by atoms with Gasteiger partial charge in [0.05, 0.1) is 13.0 Å². The number of allylic oxidation sites excluding steroid dienone is 2. The van der Waals surface area contributed by atoms with Crippen LogP contribution in [-0.4, -0.2) is 19.3 Å². The summed E-state index contributed by atoms with van der Waals surface area (Å²) in [6, 6.07) is 0. The van der Waals surface area contributed by atoms with Gasteiger partial charge in [-0.1, -0.05) is 31.5 Å². The third-order valence-electron chi connectivity index (χ3n) is 3.45. The molecule has 0 radical (unpaired) electrons. The van der Waals surface area contributed by atoms with Crippen LogP contribution in [0.5, 0.6) is 0 Å². The van der Waals surface area contributed by atoms with E-state index in [1.807, 2.05) is 0 Å². The zero-order valence-corrected chi connectivity index (χ0v) is 10.5. The summed E-state index contributed by atoms with van der Waals surface area (Å²) in [4.78, 5) is 11.3. The minimum Gasteiger partial charge on any atom is -0.469 e. The van der Waals surface area contributed by atoms with E-state index < -0.39 is 16.6 Å². The Morgan fingerprint density at radius 2 is 2.00 bits per heavy atom. The van der Waals surface area contributed by atoms with Crippen molar-refractivity contribution < 1.29 is 22.7 Å². The summed E-state index contributed by atoms with van der Waals surface area (Å²) < 4.78 is 41.4. The van der Waals surface area contributed by atoms with Gasteiger partial charge in [0, 0.05) is 0 Å². The molecule has 2 unspecified atom stereocenters. The van der Waals surface area contributed by atoms with Crippen LogP contribution < -0.4 is 0 Å². The van der Waals surface area contributed by atoms with Crippen LogP contribution in [0, 0.1) is 17.3 Å². The molecule has 0 saturated heterocycles. The van der Waals surface area contributed by atoms with Crippen LogP contribution in [0.25, 0.3) is 0 Å². The van der Waals surface area contributed by atoms with Crippen molar-refractivity contribution in [2.24, 2.45) is 17.3 Å². The molecule has 2 nitrogen and oxygen atoms in total. The van der Waals surface area contributed by atoms with Crippen LogP contribution in [0.15, 0.2) is 11.1 Å². The Morgan fingerprint density at radius 3 is 2.35 bits per heavy atom. The molecule has 1 aliphatic carbocycles. The van der Waals surface area contributed by atoms with E-state index >= 15 is 0 Å². The molecule has 1 saturated carbocycles. The van der Waals surface area contributed by atoms with Crippen molar-refractivity contribution in [1.29, 1.82) is 0 Å². The number of carbonyl (C=O) groups is 1. The summed E-state index contributed by atoms with van der Waals surface area (Å²) in [5, 5.41) is -1.13. The number of halogens is 4.